The zero-order valence-corrected chi connectivity index (χ0v) is 20.6. The van der Waals surface area contributed by atoms with Gasteiger partial charge in [-0.3, -0.25) is 9.69 Å². The topological polar surface area (TPSA) is 82.1 Å². The third-order valence-electron chi connectivity index (χ3n) is 5.66. The van der Waals surface area contributed by atoms with E-state index in [1.54, 1.807) is 27.7 Å². The van der Waals surface area contributed by atoms with Gasteiger partial charge in [-0.15, -0.1) is 0 Å². The van der Waals surface area contributed by atoms with Crippen LogP contribution in [0.1, 0.15) is 67.7 Å². The molecule has 0 bridgehead atoms. The van der Waals surface area contributed by atoms with Gasteiger partial charge in [-0.05, 0) is 58.7 Å². The standard InChI is InChI=1S/C21H39NO6Si/c1-10-26-17(24)21(13-11-15-27-29(8,9)20(5,6)7)16(23)12-14-22(21)18(25)28-19(2,3)4/h10-15H2,1-9H3. The minimum Gasteiger partial charge on any atom is -0.464 e. The first-order valence-electron chi connectivity index (χ1n) is 10.4. The van der Waals surface area contributed by atoms with E-state index in [4.69, 9.17) is 13.9 Å². The van der Waals surface area contributed by atoms with E-state index >= 15 is 0 Å². The first kappa shape index (κ1) is 25.6. The van der Waals surface area contributed by atoms with Crippen molar-refractivity contribution in [2.75, 3.05) is 19.8 Å². The van der Waals surface area contributed by atoms with Gasteiger partial charge in [0, 0.05) is 19.6 Å². The summed E-state index contributed by atoms with van der Waals surface area (Å²) in [6.45, 7) is 18.4. The Hall–Kier alpha value is -1.41. The fourth-order valence-electron chi connectivity index (χ4n) is 3.05. The number of rotatable bonds is 7. The summed E-state index contributed by atoms with van der Waals surface area (Å²) < 4.78 is 16.9. The molecule has 0 aromatic carbocycles. The fourth-order valence-corrected chi connectivity index (χ4v) is 4.14. The SMILES string of the molecule is CCOC(=O)C1(CCCO[Si](C)(C)C(C)(C)C)C(=O)CCN1C(=O)OC(C)(C)C. The Labute approximate surface area is 176 Å². The van der Waals surface area contributed by atoms with Crippen molar-refractivity contribution in [1.29, 1.82) is 0 Å². The predicted molar refractivity (Wildman–Crippen MR) is 114 cm³/mol. The third kappa shape index (κ3) is 6.04. The van der Waals surface area contributed by atoms with Crippen molar-refractivity contribution < 1.29 is 28.3 Å². The molecule has 1 aliphatic rings. The van der Waals surface area contributed by atoms with Crippen LogP contribution in [0.3, 0.4) is 0 Å². The molecule has 0 saturated carbocycles. The Balaban J connectivity index is 3.03. The first-order chi connectivity index (χ1) is 13.1. The molecule has 0 aliphatic carbocycles. The second-order valence-electron chi connectivity index (χ2n) is 10.1. The van der Waals surface area contributed by atoms with E-state index in [1.807, 2.05) is 0 Å². The van der Waals surface area contributed by atoms with Crippen LogP contribution < -0.4 is 0 Å². The van der Waals surface area contributed by atoms with Gasteiger partial charge < -0.3 is 13.9 Å². The van der Waals surface area contributed by atoms with Crippen LogP contribution in [0.2, 0.25) is 18.1 Å². The van der Waals surface area contributed by atoms with E-state index in [-0.39, 0.29) is 36.8 Å². The van der Waals surface area contributed by atoms with E-state index in [0.29, 0.717) is 13.0 Å². The average molecular weight is 430 g/mol. The van der Waals surface area contributed by atoms with Gasteiger partial charge in [0.05, 0.1) is 6.61 Å². The minimum absolute atomic E-state index is 0.0670. The van der Waals surface area contributed by atoms with Crippen molar-refractivity contribution >= 4 is 26.2 Å². The van der Waals surface area contributed by atoms with Crippen LogP contribution >= 0.6 is 0 Å². The molecule has 0 spiro atoms. The molecule has 1 unspecified atom stereocenters. The zero-order valence-electron chi connectivity index (χ0n) is 19.6. The maximum atomic E-state index is 12.9. The van der Waals surface area contributed by atoms with E-state index < -0.39 is 31.5 Å². The number of carbonyl (C=O) groups excluding carboxylic acids is 3. The number of carbonyl (C=O) groups is 3. The van der Waals surface area contributed by atoms with Crippen LogP contribution in [-0.2, 0) is 23.5 Å². The van der Waals surface area contributed by atoms with E-state index in [2.05, 4.69) is 33.9 Å². The molecule has 1 saturated heterocycles. The summed E-state index contributed by atoms with van der Waals surface area (Å²) in [4.78, 5) is 39.8. The molecule has 1 amide bonds. The Morgan fingerprint density at radius 3 is 2.21 bits per heavy atom. The third-order valence-corrected chi connectivity index (χ3v) is 10.2. The second-order valence-corrected chi connectivity index (χ2v) is 14.9. The average Bonchev–Trinajstić information content (AvgIpc) is 2.87. The van der Waals surface area contributed by atoms with E-state index in [1.165, 1.54) is 4.90 Å². The number of hydrogen-bond acceptors (Lipinski definition) is 6. The van der Waals surface area contributed by atoms with Gasteiger partial charge in [0.15, 0.2) is 14.1 Å². The molecule has 168 valence electrons. The highest BCUT2D eigenvalue weighted by atomic mass is 28.4. The van der Waals surface area contributed by atoms with Gasteiger partial charge in [-0.25, -0.2) is 9.59 Å². The van der Waals surface area contributed by atoms with Crippen molar-refractivity contribution in [3.05, 3.63) is 0 Å². The smallest absolute Gasteiger partial charge is 0.411 e. The maximum absolute atomic E-state index is 12.9. The fraction of sp³-hybridized carbons (Fsp3) is 0.857. The molecule has 1 heterocycles. The van der Waals surface area contributed by atoms with Gasteiger partial charge in [-0.2, -0.15) is 0 Å². The summed E-state index contributed by atoms with van der Waals surface area (Å²) >= 11 is 0. The van der Waals surface area contributed by atoms with E-state index in [9.17, 15) is 14.4 Å². The molecule has 7 nitrogen and oxygen atoms in total. The van der Waals surface area contributed by atoms with Gasteiger partial charge in [0.25, 0.3) is 0 Å². The number of likely N-dealkylation sites (tertiary alicyclic amines) is 1. The highest BCUT2D eigenvalue weighted by molar-refractivity contribution is 6.74. The summed E-state index contributed by atoms with van der Waals surface area (Å²) in [5.74, 6) is -0.977. The Morgan fingerprint density at radius 2 is 1.72 bits per heavy atom. The minimum atomic E-state index is -1.94. The maximum Gasteiger partial charge on any atom is 0.411 e. The first-order valence-corrected chi connectivity index (χ1v) is 13.3. The number of esters is 1. The number of amides is 1. The largest absolute Gasteiger partial charge is 0.464 e. The zero-order chi connectivity index (χ0) is 22.7. The molecule has 1 fully saturated rings. The summed E-state index contributed by atoms with van der Waals surface area (Å²) in [7, 11) is -1.94. The van der Waals surface area contributed by atoms with Crippen LogP contribution in [0.15, 0.2) is 0 Å². The van der Waals surface area contributed by atoms with Gasteiger partial charge >= 0.3 is 12.1 Å². The van der Waals surface area contributed by atoms with Crippen molar-refractivity contribution in [2.24, 2.45) is 0 Å². The van der Waals surface area contributed by atoms with Gasteiger partial charge in [-0.1, -0.05) is 20.8 Å². The van der Waals surface area contributed by atoms with Crippen molar-refractivity contribution in [2.45, 2.75) is 97.0 Å². The molecule has 1 aliphatic heterocycles. The summed E-state index contributed by atoms with van der Waals surface area (Å²) in [5.41, 5.74) is -2.36. The van der Waals surface area contributed by atoms with Crippen molar-refractivity contribution in [3.63, 3.8) is 0 Å². The predicted octanol–water partition coefficient (Wildman–Crippen LogP) is 4.30. The number of Topliss-reactive ketones (excluding diaryl/α,β-unsaturated/α-hetero) is 1. The summed E-state index contributed by atoms with van der Waals surface area (Å²) in [6.07, 6.45) is 0.0810. The quantitative estimate of drug-likeness (QED) is 0.260. The molecule has 0 aromatic rings. The van der Waals surface area contributed by atoms with Crippen LogP contribution in [0, 0.1) is 0 Å². The lowest BCUT2D eigenvalue weighted by atomic mass is 9.89. The number of ketones is 1. The number of hydrogen-bond donors (Lipinski definition) is 0. The molecule has 29 heavy (non-hydrogen) atoms. The van der Waals surface area contributed by atoms with Gasteiger partial charge in [0.2, 0.25) is 5.54 Å². The molecule has 1 atom stereocenters. The Kier molecular flexibility index (Phi) is 8.10. The molecular formula is C21H39NO6Si. The monoisotopic (exact) mass is 429 g/mol. The molecular weight excluding hydrogens is 390 g/mol. The van der Waals surface area contributed by atoms with Gasteiger partial charge in [0.1, 0.15) is 5.60 Å². The summed E-state index contributed by atoms with van der Waals surface area (Å²) in [5, 5.41) is 0.0670. The lowest BCUT2D eigenvalue weighted by Crippen LogP contribution is -2.58. The second kappa shape index (κ2) is 9.16. The van der Waals surface area contributed by atoms with E-state index in [0.717, 1.165) is 0 Å². The van der Waals surface area contributed by atoms with Crippen LogP contribution in [0.25, 0.3) is 0 Å². The molecule has 0 radical (unpaired) electrons. The molecule has 0 aromatic heterocycles. The Bertz CT molecular complexity index is 620. The summed E-state index contributed by atoms with van der Waals surface area (Å²) in [6, 6.07) is 0. The molecule has 1 rings (SSSR count). The lowest BCUT2D eigenvalue weighted by Gasteiger charge is -2.37. The number of ether oxygens (including phenoxy) is 2. The molecule has 0 N–H and O–H groups in total. The van der Waals surface area contributed by atoms with Crippen LogP contribution in [0.5, 0.6) is 0 Å². The normalized spacial score (nSPS) is 20.7. The number of nitrogens with zero attached hydrogens (tertiary/aromatic N) is 1. The van der Waals surface area contributed by atoms with Crippen molar-refractivity contribution in [3.8, 4) is 0 Å². The highest BCUT2D eigenvalue weighted by Crippen LogP contribution is 2.38. The highest BCUT2D eigenvalue weighted by Gasteiger charge is 2.58. The Morgan fingerprint density at radius 1 is 1.14 bits per heavy atom. The molecule has 8 heteroatoms. The van der Waals surface area contributed by atoms with Crippen molar-refractivity contribution in [1.82, 2.24) is 4.90 Å². The van der Waals surface area contributed by atoms with Crippen LogP contribution in [0.4, 0.5) is 4.79 Å². The lowest BCUT2D eigenvalue weighted by molar-refractivity contribution is -0.159. The van der Waals surface area contributed by atoms with Crippen LogP contribution in [-0.4, -0.2) is 62.0 Å².